The van der Waals surface area contributed by atoms with Crippen LogP contribution < -0.4 is 0 Å². The van der Waals surface area contributed by atoms with Crippen molar-refractivity contribution in [2.24, 2.45) is 5.92 Å². The van der Waals surface area contributed by atoms with Crippen molar-refractivity contribution in [3.05, 3.63) is 23.8 Å². The van der Waals surface area contributed by atoms with E-state index < -0.39 is 17.9 Å². The van der Waals surface area contributed by atoms with Crippen LogP contribution >= 0.6 is 0 Å². The second kappa shape index (κ2) is 4.72. The molecule has 2 unspecified atom stereocenters. The topological polar surface area (TPSA) is 83.4 Å². The minimum Gasteiger partial charge on any atom is -0.481 e. The molecule has 2 atom stereocenters. The van der Waals surface area contributed by atoms with Crippen LogP contribution in [0, 0.1) is 12.8 Å². The number of carbonyl (C=O) groups is 2. The maximum atomic E-state index is 11.8. The molecule has 96 valence electrons. The Morgan fingerprint density at radius 2 is 2.33 bits per heavy atom. The van der Waals surface area contributed by atoms with Gasteiger partial charge in [0.25, 0.3) is 0 Å². The van der Waals surface area contributed by atoms with Crippen molar-refractivity contribution < 1.29 is 14.7 Å². The summed E-state index contributed by atoms with van der Waals surface area (Å²) in [5.41, 5.74) is 0.600. The number of rotatable bonds is 3. The van der Waals surface area contributed by atoms with Gasteiger partial charge in [-0.25, -0.2) is 9.97 Å². The summed E-state index contributed by atoms with van der Waals surface area (Å²) >= 11 is 0. The van der Waals surface area contributed by atoms with Crippen LogP contribution in [0.5, 0.6) is 0 Å². The Kier molecular flexibility index (Phi) is 3.27. The Morgan fingerprint density at radius 3 is 2.89 bits per heavy atom. The molecule has 0 aliphatic carbocycles. The number of carboxylic acid groups (broad SMARTS) is 1. The summed E-state index contributed by atoms with van der Waals surface area (Å²) in [5.74, 6) is -1.24. The van der Waals surface area contributed by atoms with Gasteiger partial charge in [-0.2, -0.15) is 0 Å². The van der Waals surface area contributed by atoms with Crippen molar-refractivity contribution in [2.45, 2.75) is 26.3 Å². The smallest absolute Gasteiger partial charge is 0.309 e. The van der Waals surface area contributed by atoms with E-state index in [1.807, 2.05) is 6.92 Å². The molecule has 1 aromatic rings. The van der Waals surface area contributed by atoms with Crippen LogP contribution in [0.25, 0.3) is 0 Å². The summed E-state index contributed by atoms with van der Waals surface area (Å²) in [6.45, 7) is 4.06. The van der Waals surface area contributed by atoms with E-state index >= 15 is 0 Å². The van der Waals surface area contributed by atoms with E-state index in [9.17, 15) is 14.7 Å². The SMILES string of the molecule is CCN1C(=O)CC(C(=O)O)C1c1ccnc(C)n1. The van der Waals surface area contributed by atoms with Crippen LogP contribution in [0.1, 0.15) is 30.9 Å². The zero-order valence-electron chi connectivity index (χ0n) is 10.3. The summed E-state index contributed by atoms with van der Waals surface area (Å²) in [6, 6.07) is 1.19. The highest BCUT2D eigenvalue weighted by Gasteiger charge is 2.44. The predicted octanol–water partition coefficient (Wildman–Crippen LogP) is 0.779. The normalized spacial score (nSPS) is 23.4. The molecule has 1 aromatic heterocycles. The summed E-state index contributed by atoms with van der Waals surface area (Å²) in [4.78, 5) is 32.9. The average molecular weight is 249 g/mol. The minimum absolute atomic E-state index is 0.0386. The van der Waals surface area contributed by atoms with Gasteiger partial charge in [-0.05, 0) is 19.9 Å². The first kappa shape index (κ1) is 12.5. The molecule has 1 fully saturated rings. The van der Waals surface area contributed by atoms with Crippen molar-refractivity contribution in [2.75, 3.05) is 6.54 Å². The van der Waals surface area contributed by atoms with Gasteiger partial charge in [0.2, 0.25) is 5.91 Å². The monoisotopic (exact) mass is 249 g/mol. The number of likely N-dealkylation sites (tertiary alicyclic amines) is 1. The lowest BCUT2D eigenvalue weighted by atomic mass is 9.97. The van der Waals surface area contributed by atoms with Gasteiger partial charge in [-0.3, -0.25) is 9.59 Å². The van der Waals surface area contributed by atoms with E-state index in [2.05, 4.69) is 9.97 Å². The molecule has 1 N–H and O–H groups in total. The van der Waals surface area contributed by atoms with Crippen LogP contribution in [-0.2, 0) is 9.59 Å². The van der Waals surface area contributed by atoms with Gasteiger partial charge in [0.1, 0.15) is 5.82 Å². The van der Waals surface area contributed by atoms with E-state index in [-0.39, 0.29) is 12.3 Å². The summed E-state index contributed by atoms with van der Waals surface area (Å²) in [7, 11) is 0. The molecule has 2 rings (SSSR count). The van der Waals surface area contributed by atoms with Crippen LogP contribution in [0.15, 0.2) is 12.3 Å². The Balaban J connectivity index is 2.42. The maximum absolute atomic E-state index is 11.8. The van der Waals surface area contributed by atoms with Crippen molar-refractivity contribution in [1.29, 1.82) is 0 Å². The highest BCUT2D eigenvalue weighted by atomic mass is 16.4. The molecule has 6 nitrogen and oxygen atoms in total. The molecule has 0 saturated carbocycles. The largest absolute Gasteiger partial charge is 0.481 e. The summed E-state index contributed by atoms with van der Waals surface area (Å²) in [5, 5.41) is 9.22. The Morgan fingerprint density at radius 1 is 1.61 bits per heavy atom. The lowest BCUT2D eigenvalue weighted by molar-refractivity contribution is -0.142. The van der Waals surface area contributed by atoms with Gasteiger partial charge in [0, 0.05) is 19.2 Å². The standard InChI is InChI=1S/C12H15N3O3/c1-3-15-10(16)6-8(12(17)18)11(15)9-4-5-13-7(2)14-9/h4-5,8,11H,3,6H2,1-2H3,(H,17,18). The number of carbonyl (C=O) groups excluding carboxylic acids is 1. The average Bonchev–Trinajstić information content (AvgIpc) is 2.66. The second-order valence-electron chi connectivity index (χ2n) is 4.30. The number of nitrogens with zero attached hydrogens (tertiary/aromatic N) is 3. The number of aromatic nitrogens is 2. The van der Waals surface area contributed by atoms with E-state index in [1.165, 1.54) is 0 Å². The van der Waals surface area contributed by atoms with E-state index in [4.69, 9.17) is 0 Å². The number of aliphatic carboxylic acids is 1. The van der Waals surface area contributed by atoms with Crippen molar-refractivity contribution >= 4 is 11.9 Å². The third-order valence-corrected chi connectivity index (χ3v) is 3.19. The molecule has 0 bridgehead atoms. The van der Waals surface area contributed by atoms with Gasteiger partial charge in [0.05, 0.1) is 17.7 Å². The molecule has 0 spiro atoms. The van der Waals surface area contributed by atoms with Gasteiger partial charge in [-0.1, -0.05) is 0 Å². The Labute approximate surface area is 105 Å². The maximum Gasteiger partial charge on any atom is 0.309 e. The predicted molar refractivity (Wildman–Crippen MR) is 62.6 cm³/mol. The van der Waals surface area contributed by atoms with Crippen molar-refractivity contribution in [3.63, 3.8) is 0 Å². The van der Waals surface area contributed by atoms with E-state index in [1.54, 1.807) is 24.1 Å². The Bertz CT molecular complexity index is 489. The zero-order chi connectivity index (χ0) is 13.3. The molecule has 1 amide bonds. The number of hydrogen-bond donors (Lipinski definition) is 1. The quantitative estimate of drug-likeness (QED) is 0.855. The molecule has 1 aliphatic rings. The molecule has 1 saturated heterocycles. The minimum atomic E-state index is -0.958. The summed E-state index contributed by atoms with van der Waals surface area (Å²) in [6.07, 6.45) is 1.63. The molecule has 2 heterocycles. The highest BCUT2D eigenvalue weighted by Crippen LogP contribution is 2.37. The number of hydrogen-bond acceptors (Lipinski definition) is 4. The van der Waals surface area contributed by atoms with Gasteiger partial charge >= 0.3 is 5.97 Å². The first-order chi connectivity index (χ1) is 8.54. The number of carboxylic acids is 1. The van der Waals surface area contributed by atoms with E-state index in [0.29, 0.717) is 18.1 Å². The zero-order valence-corrected chi connectivity index (χ0v) is 10.3. The molecule has 18 heavy (non-hydrogen) atoms. The van der Waals surface area contributed by atoms with Crippen molar-refractivity contribution in [1.82, 2.24) is 14.9 Å². The molecular weight excluding hydrogens is 234 g/mol. The first-order valence-electron chi connectivity index (χ1n) is 5.86. The first-order valence-corrected chi connectivity index (χ1v) is 5.86. The Hall–Kier alpha value is -1.98. The lowest BCUT2D eigenvalue weighted by Gasteiger charge is -2.25. The lowest BCUT2D eigenvalue weighted by Crippen LogP contribution is -2.31. The van der Waals surface area contributed by atoms with Gasteiger partial charge in [-0.15, -0.1) is 0 Å². The van der Waals surface area contributed by atoms with Gasteiger partial charge < -0.3 is 10.0 Å². The third-order valence-electron chi connectivity index (χ3n) is 3.19. The van der Waals surface area contributed by atoms with Gasteiger partial charge in [0.15, 0.2) is 0 Å². The molecule has 0 radical (unpaired) electrons. The van der Waals surface area contributed by atoms with Crippen LogP contribution in [-0.4, -0.2) is 38.4 Å². The molecule has 6 heteroatoms. The summed E-state index contributed by atoms with van der Waals surface area (Å²) < 4.78 is 0. The number of aryl methyl sites for hydroxylation is 1. The fourth-order valence-corrected chi connectivity index (χ4v) is 2.39. The van der Waals surface area contributed by atoms with Crippen LogP contribution in [0.2, 0.25) is 0 Å². The molecule has 0 aromatic carbocycles. The third kappa shape index (κ3) is 2.05. The second-order valence-corrected chi connectivity index (χ2v) is 4.30. The molecule has 1 aliphatic heterocycles. The van der Waals surface area contributed by atoms with Crippen LogP contribution in [0.3, 0.4) is 0 Å². The van der Waals surface area contributed by atoms with Crippen molar-refractivity contribution in [3.8, 4) is 0 Å². The fraction of sp³-hybridized carbons (Fsp3) is 0.500. The number of amides is 1. The van der Waals surface area contributed by atoms with Crippen LogP contribution in [0.4, 0.5) is 0 Å². The van der Waals surface area contributed by atoms with E-state index in [0.717, 1.165) is 0 Å². The fourth-order valence-electron chi connectivity index (χ4n) is 2.39. The molecular formula is C12H15N3O3. The highest BCUT2D eigenvalue weighted by molar-refractivity contribution is 5.87.